The number of nitrogens with zero attached hydrogens (tertiary/aromatic N) is 4. The molecule has 27 heavy (non-hydrogen) atoms. The predicted molar refractivity (Wildman–Crippen MR) is 100 cm³/mol. The van der Waals surface area contributed by atoms with E-state index in [-0.39, 0.29) is 24.5 Å². The smallest absolute Gasteiger partial charge is 0.242 e. The molecule has 4 rings (SSSR count). The average molecular weight is 368 g/mol. The Kier molecular flexibility index (Phi) is 5.20. The Morgan fingerprint density at radius 2 is 2.11 bits per heavy atom. The summed E-state index contributed by atoms with van der Waals surface area (Å²) >= 11 is 0. The summed E-state index contributed by atoms with van der Waals surface area (Å²) in [5.41, 5.74) is 1.99. The molecule has 0 radical (unpaired) electrons. The Labute approximate surface area is 158 Å². The van der Waals surface area contributed by atoms with Crippen molar-refractivity contribution in [1.82, 2.24) is 14.7 Å². The van der Waals surface area contributed by atoms with Gasteiger partial charge in [-0.1, -0.05) is 18.2 Å². The van der Waals surface area contributed by atoms with Crippen LogP contribution in [0.3, 0.4) is 0 Å². The maximum absolute atomic E-state index is 13.0. The van der Waals surface area contributed by atoms with E-state index in [1.165, 1.54) is 0 Å². The lowest BCUT2D eigenvalue weighted by Crippen LogP contribution is -2.47. The molecule has 0 bridgehead atoms. The van der Waals surface area contributed by atoms with Crippen LogP contribution < -0.4 is 4.90 Å². The summed E-state index contributed by atoms with van der Waals surface area (Å²) in [7, 11) is 0. The number of para-hydroxylation sites is 1. The minimum absolute atomic E-state index is 0.0150. The number of fused-ring (bicyclic) bond motifs is 1. The van der Waals surface area contributed by atoms with Crippen molar-refractivity contribution >= 4 is 17.5 Å². The number of aromatic nitrogens is 2. The summed E-state index contributed by atoms with van der Waals surface area (Å²) in [5, 5.41) is 4.22. The summed E-state index contributed by atoms with van der Waals surface area (Å²) in [6, 6.07) is 9.71. The first-order chi connectivity index (χ1) is 13.2. The van der Waals surface area contributed by atoms with Gasteiger partial charge in [0.1, 0.15) is 6.54 Å². The third-order valence-electron chi connectivity index (χ3n) is 5.14. The van der Waals surface area contributed by atoms with Gasteiger partial charge in [0.15, 0.2) is 0 Å². The molecule has 2 aliphatic heterocycles. The molecule has 2 aliphatic rings. The number of rotatable bonds is 4. The first-order valence-corrected chi connectivity index (χ1v) is 9.46. The van der Waals surface area contributed by atoms with Crippen molar-refractivity contribution in [3.8, 4) is 0 Å². The molecule has 0 aliphatic carbocycles. The Bertz CT molecular complexity index is 805. The normalized spacial score (nSPS) is 20.3. The van der Waals surface area contributed by atoms with Crippen molar-refractivity contribution in [2.45, 2.75) is 31.9 Å². The van der Waals surface area contributed by atoms with E-state index in [1.807, 2.05) is 46.1 Å². The Hall–Kier alpha value is -2.67. The van der Waals surface area contributed by atoms with Gasteiger partial charge in [-0.3, -0.25) is 14.3 Å². The molecule has 0 saturated carbocycles. The average Bonchev–Trinajstić information content (AvgIpc) is 3.07. The monoisotopic (exact) mass is 368 g/mol. The first-order valence-electron chi connectivity index (χ1n) is 9.46. The molecule has 0 N–H and O–H groups in total. The van der Waals surface area contributed by atoms with Crippen LogP contribution in [0.1, 0.15) is 18.4 Å². The number of anilines is 1. The van der Waals surface area contributed by atoms with E-state index in [0.29, 0.717) is 32.7 Å². The van der Waals surface area contributed by atoms with Crippen molar-refractivity contribution in [3.63, 3.8) is 0 Å². The molecule has 1 aromatic heterocycles. The highest BCUT2D eigenvalue weighted by molar-refractivity contribution is 6.01. The molecule has 1 fully saturated rings. The zero-order chi connectivity index (χ0) is 18.6. The number of carbonyl (C=O) groups is 2. The number of amides is 2. The van der Waals surface area contributed by atoms with Crippen LogP contribution >= 0.6 is 0 Å². The third kappa shape index (κ3) is 4.03. The molecule has 7 nitrogen and oxygen atoms in total. The van der Waals surface area contributed by atoms with Gasteiger partial charge in [0.25, 0.3) is 0 Å². The molecule has 7 heteroatoms. The van der Waals surface area contributed by atoms with Gasteiger partial charge in [-0.25, -0.2) is 0 Å². The van der Waals surface area contributed by atoms with Gasteiger partial charge in [0.2, 0.25) is 11.8 Å². The number of hydrogen-bond donors (Lipinski definition) is 0. The van der Waals surface area contributed by atoms with Crippen molar-refractivity contribution in [2.24, 2.45) is 0 Å². The topological polar surface area (TPSA) is 67.7 Å². The van der Waals surface area contributed by atoms with Crippen LogP contribution in [0.4, 0.5) is 5.69 Å². The summed E-state index contributed by atoms with van der Waals surface area (Å²) in [4.78, 5) is 28.9. The van der Waals surface area contributed by atoms with Crippen LogP contribution in [0.15, 0.2) is 42.7 Å². The standard InChI is InChI=1S/C20H24N4O3/c25-19-8-7-16-5-1-2-6-18(16)24(19)15-20(26)22-10-4-12-27-17(13-22)14-23-11-3-9-21-23/h1-3,5-6,9,11,17H,4,7-8,10,12-15H2/t17-/m1/s1. The molecule has 1 atom stereocenters. The minimum Gasteiger partial charge on any atom is -0.374 e. The van der Waals surface area contributed by atoms with Crippen molar-refractivity contribution < 1.29 is 14.3 Å². The predicted octanol–water partition coefficient (Wildman–Crippen LogP) is 1.48. The molecule has 1 aromatic carbocycles. The van der Waals surface area contributed by atoms with Gasteiger partial charge >= 0.3 is 0 Å². The van der Waals surface area contributed by atoms with E-state index in [9.17, 15) is 9.59 Å². The van der Waals surface area contributed by atoms with E-state index >= 15 is 0 Å². The summed E-state index contributed by atoms with van der Waals surface area (Å²) in [6.07, 6.45) is 5.52. The molecule has 0 unspecified atom stereocenters. The molecule has 142 valence electrons. The van der Waals surface area contributed by atoms with Crippen LogP contribution in [0, 0.1) is 0 Å². The zero-order valence-corrected chi connectivity index (χ0v) is 15.3. The minimum atomic E-state index is -0.0966. The fourth-order valence-electron chi connectivity index (χ4n) is 3.75. The molecule has 2 amide bonds. The number of hydrogen-bond acceptors (Lipinski definition) is 4. The van der Waals surface area contributed by atoms with Crippen LogP contribution in [0.25, 0.3) is 0 Å². The maximum atomic E-state index is 13.0. The summed E-state index contributed by atoms with van der Waals surface area (Å²) < 4.78 is 7.71. The number of benzene rings is 1. The molecule has 0 spiro atoms. The van der Waals surface area contributed by atoms with Gasteiger partial charge in [0.05, 0.1) is 12.6 Å². The van der Waals surface area contributed by atoms with E-state index in [1.54, 1.807) is 11.1 Å². The highest BCUT2D eigenvalue weighted by Crippen LogP contribution is 2.27. The first kappa shape index (κ1) is 17.7. The largest absolute Gasteiger partial charge is 0.374 e. The van der Waals surface area contributed by atoms with E-state index in [4.69, 9.17) is 4.74 Å². The third-order valence-corrected chi connectivity index (χ3v) is 5.14. The Balaban J connectivity index is 1.44. The fourth-order valence-corrected chi connectivity index (χ4v) is 3.75. The second-order valence-corrected chi connectivity index (χ2v) is 7.02. The lowest BCUT2D eigenvalue weighted by molar-refractivity contribution is -0.132. The zero-order valence-electron chi connectivity index (χ0n) is 15.3. The second-order valence-electron chi connectivity index (χ2n) is 7.02. The molecule has 2 aromatic rings. The van der Waals surface area contributed by atoms with Crippen molar-refractivity contribution in [2.75, 3.05) is 31.1 Å². The number of aryl methyl sites for hydroxylation is 1. The van der Waals surface area contributed by atoms with Gasteiger partial charge in [-0.15, -0.1) is 0 Å². The van der Waals surface area contributed by atoms with Gasteiger partial charge < -0.3 is 14.5 Å². The fraction of sp³-hybridized carbons (Fsp3) is 0.450. The Morgan fingerprint density at radius 3 is 2.96 bits per heavy atom. The Morgan fingerprint density at radius 1 is 1.22 bits per heavy atom. The van der Waals surface area contributed by atoms with Crippen LogP contribution in [0.5, 0.6) is 0 Å². The summed E-state index contributed by atoms with van der Waals surface area (Å²) in [5.74, 6) is -0.0165. The van der Waals surface area contributed by atoms with Crippen LogP contribution in [-0.2, 0) is 27.3 Å². The highest BCUT2D eigenvalue weighted by Gasteiger charge is 2.29. The van der Waals surface area contributed by atoms with Crippen molar-refractivity contribution in [1.29, 1.82) is 0 Å². The molecule has 1 saturated heterocycles. The second kappa shape index (κ2) is 7.92. The van der Waals surface area contributed by atoms with Crippen molar-refractivity contribution in [3.05, 3.63) is 48.3 Å². The van der Waals surface area contributed by atoms with Crippen LogP contribution in [-0.4, -0.2) is 58.8 Å². The van der Waals surface area contributed by atoms with E-state index in [2.05, 4.69) is 5.10 Å². The lowest BCUT2D eigenvalue weighted by Gasteiger charge is -2.31. The molecular formula is C20H24N4O3. The highest BCUT2D eigenvalue weighted by atomic mass is 16.5. The number of ether oxygens (including phenoxy) is 1. The molecular weight excluding hydrogens is 344 g/mol. The van der Waals surface area contributed by atoms with E-state index in [0.717, 1.165) is 24.1 Å². The lowest BCUT2D eigenvalue weighted by atomic mass is 10.0. The van der Waals surface area contributed by atoms with Gasteiger partial charge in [-0.05, 0) is 30.5 Å². The van der Waals surface area contributed by atoms with E-state index < -0.39 is 0 Å². The SMILES string of the molecule is O=C(CN1C(=O)CCc2ccccc21)N1CCCO[C@@H](Cn2cccn2)C1. The van der Waals surface area contributed by atoms with Gasteiger partial charge in [-0.2, -0.15) is 5.10 Å². The van der Waals surface area contributed by atoms with Crippen LogP contribution in [0.2, 0.25) is 0 Å². The quantitative estimate of drug-likeness (QED) is 0.820. The molecule has 3 heterocycles. The maximum Gasteiger partial charge on any atom is 0.242 e. The summed E-state index contributed by atoms with van der Waals surface area (Å²) in [6.45, 7) is 2.49. The number of carbonyl (C=O) groups excluding carboxylic acids is 2. The van der Waals surface area contributed by atoms with Gasteiger partial charge in [0, 0.05) is 44.2 Å².